The van der Waals surface area contributed by atoms with Crippen molar-refractivity contribution in [2.75, 3.05) is 13.6 Å². The summed E-state index contributed by atoms with van der Waals surface area (Å²) in [5.74, 6) is 0.385. The molecule has 2 rings (SSSR count). The number of hydrogen-bond donors (Lipinski definition) is 1. The van der Waals surface area contributed by atoms with Crippen molar-refractivity contribution in [3.63, 3.8) is 0 Å². The molecule has 0 fully saturated rings. The molecule has 0 aromatic heterocycles. The van der Waals surface area contributed by atoms with Crippen LogP contribution in [0.4, 0.5) is 0 Å². The third-order valence-electron chi connectivity index (χ3n) is 2.97. The summed E-state index contributed by atoms with van der Waals surface area (Å²) >= 11 is 0. The second kappa shape index (κ2) is 3.04. The molecule has 1 heterocycles. The molecular formula is C11H15NO. The van der Waals surface area contributed by atoms with Gasteiger partial charge in [-0.15, -0.1) is 0 Å². The molecule has 1 aliphatic heterocycles. The fraction of sp³-hybridized carbons (Fsp3) is 0.455. The zero-order valence-corrected chi connectivity index (χ0v) is 8.12. The molecule has 1 aromatic rings. The van der Waals surface area contributed by atoms with Crippen LogP contribution < -0.4 is 0 Å². The minimum absolute atomic E-state index is 0.385. The Hall–Kier alpha value is -1.02. The molecule has 1 atom stereocenters. The van der Waals surface area contributed by atoms with Crippen LogP contribution in [-0.2, 0) is 6.42 Å². The molecule has 0 radical (unpaired) electrons. The van der Waals surface area contributed by atoms with Crippen LogP contribution in [0.2, 0.25) is 0 Å². The molecule has 0 bridgehead atoms. The second-order valence-corrected chi connectivity index (χ2v) is 3.79. The van der Waals surface area contributed by atoms with E-state index in [-0.39, 0.29) is 0 Å². The molecule has 2 heteroatoms. The lowest BCUT2D eigenvalue weighted by Crippen LogP contribution is -2.30. The summed E-state index contributed by atoms with van der Waals surface area (Å²) in [6, 6.07) is 6.17. The first kappa shape index (κ1) is 8.57. The van der Waals surface area contributed by atoms with Gasteiger partial charge in [0.25, 0.3) is 0 Å². The lowest BCUT2D eigenvalue weighted by atomic mass is 9.94. The van der Waals surface area contributed by atoms with E-state index in [0.717, 1.165) is 13.0 Å². The van der Waals surface area contributed by atoms with Gasteiger partial charge in [-0.25, -0.2) is 0 Å². The Balaban J connectivity index is 2.44. The van der Waals surface area contributed by atoms with Gasteiger partial charge in [-0.1, -0.05) is 6.07 Å². The van der Waals surface area contributed by atoms with E-state index in [0.29, 0.717) is 11.8 Å². The zero-order valence-electron chi connectivity index (χ0n) is 8.12. The lowest BCUT2D eigenvalue weighted by Gasteiger charge is -2.32. The van der Waals surface area contributed by atoms with E-state index in [1.807, 2.05) is 12.1 Å². The smallest absolute Gasteiger partial charge is 0.115 e. The highest BCUT2D eigenvalue weighted by Crippen LogP contribution is 2.29. The molecule has 13 heavy (non-hydrogen) atoms. The summed E-state index contributed by atoms with van der Waals surface area (Å²) in [5.41, 5.74) is 2.65. The minimum Gasteiger partial charge on any atom is -0.508 e. The van der Waals surface area contributed by atoms with Crippen molar-refractivity contribution >= 4 is 0 Å². The number of nitrogens with zero attached hydrogens (tertiary/aromatic N) is 1. The Morgan fingerprint density at radius 1 is 1.46 bits per heavy atom. The molecule has 70 valence electrons. The van der Waals surface area contributed by atoms with Crippen LogP contribution in [0.5, 0.6) is 5.75 Å². The van der Waals surface area contributed by atoms with Crippen LogP contribution >= 0.6 is 0 Å². The molecule has 0 aliphatic carbocycles. The van der Waals surface area contributed by atoms with Crippen molar-refractivity contribution in [3.05, 3.63) is 29.3 Å². The number of hydrogen-bond acceptors (Lipinski definition) is 2. The summed E-state index contributed by atoms with van der Waals surface area (Å²) in [5, 5.41) is 9.33. The van der Waals surface area contributed by atoms with Gasteiger partial charge >= 0.3 is 0 Å². The standard InChI is InChI=1S/C11H15NO/c1-8-11-4-3-10(13)7-9(11)5-6-12(8)2/h3-4,7-8,13H,5-6H2,1-2H3. The molecule has 1 aromatic carbocycles. The van der Waals surface area contributed by atoms with Gasteiger partial charge in [-0.2, -0.15) is 0 Å². The average molecular weight is 177 g/mol. The number of phenols is 1. The van der Waals surface area contributed by atoms with Crippen LogP contribution in [0.15, 0.2) is 18.2 Å². The SMILES string of the molecule is CC1c2ccc(O)cc2CCN1C. The molecule has 0 saturated heterocycles. The normalized spacial score (nSPS) is 22.8. The maximum Gasteiger partial charge on any atom is 0.115 e. The first-order chi connectivity index (χ1) is 6.18. The highest BCUT2D eigenvalue weighted by molar-refractivity contribution is 5.38. The van der Waals surface area contributed by atoms with Crippen LogP contribution in [-0.4, -0.2) is 23.6 Å². The Morgan fingerprint density at radius 3 is 3.00 bits per heavy atom. The predicted octanol–water partition coefficient (Wildman–Crippen LogP) is 1.94. The minimum atomic E-state index is 0.385. The first-order valence-corrected chi connectivity index (χ1v) is 4.70. The molecule has 0 saturated carbocycles. The summed E-state index contributed by atoms with van der Waals surface area (Å²) in [6.45, 7) is 3.28. The number of phenolic OH excluding ortho intramolecular Hbond substituents is 1. The van der Waals surface area contributed by atoms with Gasteiger partial charge in [-0.3, -0.25) is 4.90 Å². The van der Waals surface area contributed by atoms with E-state index in [1.54, 1.807) is 6.07 Å². The maximum atomic E-state index is 9.33. The van der Waals surface area contributed by atoms with Gasteiger partial charge in [0.15, 0.2) is 0 Å². The predicted molar refractivity (Wildman–Crippen MR) is 52.9 cm³/mol. The maximum absolute atomic E-state index is 9.33. The number of rotatable bonds is 0. The number of benzene rings is 1. The molecule has 0 spiro atoms. The van der Waals surface area contributed by atoms with E-state index in [2.05, 4.69) is 18.9 Å². The van der Waals surface area contributed by atoms with Gasteiger partial charge in [0.2, 0.25) is 0 Å². The van der Waals surface area contributed by atoms with Crippen LogP contribution in [0.25, 0.3) is 0 Å². The van der Waals surface area contributed by atoms with Gasteiger partial charge in [-0.05, 0) is 43.7 Å². The Morgan fingerprint density at radius 2 is 2.23 bits per heavy atom. The average Bonchev–Trinajstić information content (AvgIpc) is 2.12. The quantitative estimate of drug-likeness (QED) is 0.654. The van der Waals surface area contributed by atoms with E-state index in [9.17, 15) is 5.11 Å². The zero-order chi connectivity index (χ0) is 9.42. The van der Waals surface area contributed by atoms with Crippen LogP contribution in [0.3, 0.4) is 0 Å². The van der Waals surface area contributed by atoms with E-state index < -0.39 is 0 Å². The summed E-state index contributed by atoms with van der Waals surface area (Å²) in [6.07, 6.45) is 1.05. The lowest BCUT2D eigenvalue weighted by molar-refractivity contribution is 0.247. The largest absolute Gasteiger partial charge is 0.508 e. The van der Waals surface area contributed by atoms with Crippen molar-refractivity contribution in [3.8, 4) is 5.75 Å². The van der Waals surface area contributed by atoms with Crippen LogP contribution in [0, 0.1) is 0 Å². The Kier molecular flexibility index (Phi) is 2.00. The van der Waals surface area contributed by atoms with Crippen LogP contribution in [0.1, 0.15) is 24.1 Å². The summed E-state index contributed by atoms with van der Waals surface area (Å²) < 4.78 is 0. The fourth-order valence-corrected chi connectivity index (χ4v) is 1.94. The van der Waals surface area contributed by atoms with Gasteiger partial charge in [0, 0.05) is 12.6 Å². The molecule has 1 N–H and O–H groups in total. The topological polar surface area (TPSA) is 23.5 Å². The van der Waals surface area contributed by atoms with E-state index >= 15 is 0 Å². The highest BCUT2D eigenvalue weighted by atomic mass is 16.3. The van der Waals surface area contributed by atoms with E-state index in [4.69, 9.17) is 0 Å². The third kappa shape index (κ3) is 1.42. The van der Waals surface area contributed by atoms with Crippen molar-refractivity contribution in [2.24, 2.45) is 0 Å². The van der Waals surface area contributed by atoms with Crippen molar-refractivity contribution in [2.45, 2.75) is 19.4 Å². The molecule has 2 nitrogen and oxygen atoms in total. The molecule has 0 amide bonds. The number of likely N-dealkylation sites (N-methyl/N-ethyl adjacent to an activating group) is 1. The van der Waals surface area contributed by atoms with Crippen molar-refractivity contribution in [1.29, 1.82) is 0 Å². The second-order valence-electron chi connectivity index (χ2n) is 3.79. The molecule has 1 aliphatic rings. The van der Waals surface area contributed by atoms with Crippen molar-refractivity contribution in [1.82, 2.24) is 4.90 Å². The third-order valence-corrected chi connectivity index (χ3v) is 2.97. The Labute approximate surface area is 78.8 Å². The highest BCUT2D eigenvalue weighted by Gasteiger charge is 2.20. The molecule has 1 unspecified atom stereocenters. The summed E-state index contributed by atoms with van der Waals surface area (Å²) in [7, 11) is 2.14. The Bertz CT molecular complexity index is 322. The van der Waals surface area contributed by atoms with Gasteiger partial charge in [0.1, 0.15) is 5.75 Å². The number of aromatic hydroxyl groups is 1. The van der Waals surface area contributed by atoms with Gasteiger partial charge < -0.3 is 5.11 Å². The van der Waals surface area contributed by atoms with Gasteiger partial charge in [0.05, 0.1) is 0 Å². The number of fused-ring (bicyclic) bond motifs is 1. The van der Waals surface area contributed by atoms with E-state index in [1.165, 1.54) is 11.1 Å². The fourth-order valence-electron chi connectivity index (χ4n) is 1.94. The van der Waals surface area contributed by atoms with Crippen molar-refractivity contribution < 1.29 is 5.11 Å². The summed E-state index contributed by atoms with van der Waals surface area (Å²) in [4.78, 5) is 2.33. The first-order valence-electron chi connectivity index (χ1n) is 4.70. The monoisotopic (exact) mass is 177 g/mol. The molecular weight excluding hydrogens is 162 g/mol.